The molecule has 0 saturated carbocycles. The molecule has 2 heteroatoms. The lowest BCUT2D eigenvalue weighted by Crippen LogP contribution is -2.38. The van der Waals surface area contributed by atoms with E-state index >= 15 is 0 Å². The van der Waals surface area contributed by atoms with Crippen molar-refractivity contribution in [3.8, 4) is 12.3 Å². The van der Waals surface area contributed by atoms with Gasteiger partial charge in [-0.15, -0.1) is 12.3 Å². The Labute approximate surface area is 101 Å². The third kappa shape index (κ3) is 5.53. The van der Waals surface area contributed by atoms with Crippen LogP contribution in [0.1, 0.15) is 44.9 Å². The van der Waals surface area contributed by atoms with Crippen LogP contribution >= 0.6 is 0 Å². The van der Waals surface area contributed by atoms with E-state index in [0.29, 0.717) is 0 Å². The lowest BCUT2D eigenvalue weighted by molar-refractivity contribution is 0.175. The first kappa shape index (κ1) is 13.5. The minimum absolute atomic E-state index is 0.812. The molecule has 0 spiro atoms. The van der Waals surface area contributed by atoms with Gasteiger partial charge in [0.25, 0.3) is 0 Å². The zero-order valence-electron chi connectivity index (χ0n) is 10.7. The predicted octanol–water partition coefficient (Wildman–Crippen LogP) is 2.25. The molecular weight excluding hydrogens is 196 g/mol. The molecule has 0 aliphatic carbocycles. The summed E-state index contributed by atoms with van der Waals surface area (Å²) >= 11 is 0. The molecule has 2 nitrogen and oxygen atoms in total. The Morgan fingerprint density at radius 3 is 2.94 bits per heavy atom. The molecule has 1 aliphatic rings. The van der Waals surface area contributed by atoms with Gasteiger partial charge in [-0.05, 0) is 58.8 Å². The van der Waals surface area contributed by atoms with Gasteiger partial charge in [-0.2, -0.15) is 0 Å². The van der Waals surface area contributed by atoms with Gasteiger partial charge < -0.3 is 10.2 Å². The Morgan fingerprint density at radius 2 is 2.19 bits per heavy atom. The molecule has 1 saturated heterocycles. The number of hydrogen-bond acceptors (Lipinski definition) is 2. The summed E-state index contributed by atoms with van der Waals surface area (Å²) in [5, 5.41) is 3.52. The van der Waals surface area contributed by atoms with Crippen molar-refractivity contribution in [2.75, 3.05) is 26.7 Å². The monoisotopic (exact) mass is 222 g/mol. The zero-order valence-corrected chi connectivity index (χ0v) is 10.7. The van der Waals surface area contributed by atoms with Gasteiger partial charge in [-0.3, -0.25) is 0 Å². The molecule has 92 valence electrons. The van der Waals surface area contributed by atoms with Crippen molar-refractivity contribution in [2.45, 2.75) is 51.0 Å². The third-order valence-corrected chi connectivity index (χ3v) is 3.50. The molecule has 1 atom stereocenters. The molecule has 0 radical (unpaired) electrons. The molecule has 1 aliphatic heterocycles. The summed E-state index contributed by atoms with van der Waals surface area (Å²) in [4.78, 5) is 2.52. The highest BCUT2D eigenvalue weighted by atomic mass is 15.1. The summed E-state index contributed by atoms with van der Waals surface area (Å²) in [7, 11) is 2.26. The molecule has 1 heterocycles. The van der Waals surface area contributed by atoms with Crippen LogP contribution in [0, 0.1) is 12.3 Å². The van der Waals surface area contributed by atoms with Crippen molar-refractivity contribution < 1.29 is 0 Å². The lowest BCUT2D eigenvalue weighted by Gasteiger charge is -2.32. The van der Waals surface area contributed by atoms with Gasteiger partial charge in [0.05, 0.1) is 0 Å². The maximum absolute atomic E-state index is 5.21. The fraction of sp³-hybridized carbons (Fsp3) is 0.857. The number of hydrogen-bond donors (Lipinski definition) is 1. The first-order valence-corrected chi connectivity index (χ1v) is 6.69. The van der Waals surface area contributed by atoms with E-state index in [4.69, 9.17) is 6.42 Å². The van der Waals surface area contributed by atoms with Crippen LogP contribution in [0.15, 0.2) is 0 Å². The highest BCUT2D eigenvalue weighted by Gasteiger charge is 2.17. The molecule has 16 heavy (non-hydrogen) atoms. The quantitative estimate of drug-likeness (QED) is 0.525. The number of piperidine rings is 1. The Bertz CT molecular complexity index is 207. The fourth-order valence-corrected chi connectivity index (χ4v) is 2.38. The molecule has 0 bridgehead atoms. The topological polar surface area (TPSA) is 15.3 Å². The molecular formula is C14H26N2. The van der Waals surface area contributed by atoms with Crippen LogP contribution in [-0.2, 0) is 0 Å². The Hall–Kier alpha value is -0.520. The van der Waals surface area contributed by atoms with Crippen molar-refractivity contribution in [1.29, 1.82) is 0 Å². The second kappa shape index (κ2) is 8.61. The first-order valence-electron chi connectivity index (χ1n) is 6.69. The summed E-state index contributed by atoms with van der Waals surface area (Å²) in [5.74, 6) is 2.68. The summed E-state index contributed by atoms with van der Waals surface area (Å²) in [6.07, 6.45) is 14.0. The van der Waals surface area contributed by atoms with E-state index in [1.54, 1.807) is 0 Å². The highest BCUT2D eigenvalue weighted by molar-refractivity contribution is 4.82. The average molecular weight is 222 g/mol. The van der Waals surface area contributed by atoms with E-state index in [1.807, 2.05) is 0 Å². The summed E-state index contributed by atoms with van der Waals surface area (Å²) in [6.45, 7) is 3.57. The standard InChI is InChI=1S/C14H26N2/c1-3-4-5-7-11-15-12-10-14-9-6-8-13-16(14)2/h1,14-15H,4-13H2,2H3. The van der Waals surface area contributed by atoms with Crippen LogP contribution in [0.4, 0.5) is 0 Å². The van der Waals surface area contributed by atoms with E-state index in [2.05, 4.69) is 23.2 Å². The predicted molar refractivity (Wildman–Crippen MR) is 70.4 cm³/mol. The van der Waals surface area contributed by atoms with E-state index in [0.717, 1.165) is 32.0 Å². The smallest absolute Gasteiger partial charge is 0.0104 e. The van der Waals surface area contributed by atoms with Crippen molar-refractivity contribution in [2.24, 2.45) is 0 Å². The Kier molecular flexibility index (Phi) is 7.29. The molecule has 1 unspecified atom stereocenters. The molecule has 0 amide bonds. The number of nitrogens with zero attached hydrogens (tertiary/aromatic N) is 1. The van der Waals surface area contributed by atoms with Gasteiger partial charge in [0.15, 0.2) is 0 Å². The summed E-state index contributed by atoms with van der Waals surface area (Å²) < 4.78 is 0. The molecule has 0 aromatic carbocycles. The van der Waals surface area contributed by atoms with Gasteiger partial charge in [0, 0.05) is 12.5 Å². The summed E-state index contributed by atoms with van der Waals surface area (Å²) in [5.41, 5.74) is 0. The first-order chi connectivity index (χ1) is 7.84. The number of terminal acetylenes is 1. The van der Waals surface area contributed by atoms with Gasteiger partial charge in [-0.25, -0.2) is 0 Å². The van der Waals surface area contributed by atoms with Crippen molar-refractivity contribution >= 4 is 0 Å². The number of likely N-dealkylation sites (tertiary alicyclic amines) is 1. The van der Waals surface area contributed by atoms with Crippen molar-refractivity contribution in [3.05, 3.63) is 0 Å². The van der Waals surface area contributed by atoms with Crippen LogP contribution in [0.5, 0.6) is 0 Å². The van der Waals surface area contributed by atoms with E-state index in [-0.39, 0.29) is 0 Å². The largest absolute Gasteiger partial charge is 0.317 e. The summed E-state index contributed by atoms with van der Waals surface area (Å²) in [6, 6.07) is 0.812. The Morgan fingerprint density at radius 1 is 1.31 bits per heavy atom. The second-order valence-corrected chi connectivity index (χ2v) is 4.83. The lowest BCUT2D eigenvalue weighted by atomic mass is 10.0. The minimum atomic E-state index is 0.812. The van der Waals surface area contributed by atoms with Crippen LogP contribution in [0.2, 0.25) is 0 Å². The minimum Gasteiger partial charge on any atom is -0.317 e. The third-order valence-electron chi connectivity index (χ3n) is 3.50. The molecule has 1 fully saturated rings. The average Bonchev–Trinajstić information content (AvgIpc) is 2.30. The molecule has 1 rings (SSSR count). The van der Waals surface area contributed by atoms with E-state index < -0.39 is 0 Å². The SMILES string of the molecule is C#CCCCCNCCC1CCCCN1C. The molecule has 1 N–H and O–H groups in total. The van der Waals surface area contributed by atoms with Crippen LogP contribution in [0.25, 0.3) is 0 Å². The normalized spacial score (nSPS) is 21.9. The van der Waals surface area contributed by atoms with Crippen LogP contribution in [0.3, 0.4) is 0 Å². The van der Waals surface area contributed by atoms with Gasteiger partial charge in [-0.1, -0.05) is 6.42 Å². The van der Waals surface area contributed by atoms with Crippen LogP contribution in [-0.4, -0.2) is 37.6 Å². The highest BCUT2D eigenvalue weighted by Crippen LogP contribution is 2.16. The number of rotatable bonds is 7. The second-order valence-electron chi connectivity index (χ2n) is 4.83. The Balaban J connectivity index is 1.92. The van der Waals surface area contributed by atoms with E-state index in [9.17, 15) is 0 Å². The zero-order chi connectivity index (χ0) is 11.6. The van der Waals surface area contributed by atoms with Crippen LogP contribution < -0.4 is 5.32 Å². The maximum atomic E-state index is 5.21. The van der Waals surface area contributed by atoms with Gasteiger partial charge >= 0.3 is 0 Å². The molecule has 0 aromatic heterocycles. The number of unbranched alkanes of at least 4 members (excludes halogenated alkanes) is 2. The maximum Gasteiger partial charge on any atom is 0.0104 e. The molecule has 0 aromatic rings. The van der Waals surface area contributed by atoms with Gasteiger partial charge in [0.2, 0.25) is 0 Å². The van der Waals surface area contributed by atoms with E-state index in [1.165, 1.54) is 38.6 Å². The number of nitrogens with one attached hydrogen (secondary N) is 1. The fourth-order valence-electron chi connectivity index (χ4n) is 2.38. The van der Waals surface area contributed by atoms with Gasteiger partial charge in [0.1, 0.15) is 0 Å². The van der Waals surface area contributed by atoms with Crippen molar-refractivity contribution in [3.63, 3.8) is 0 Å². The van der Waals surface area contributed by atoms with Crippen molar-refractivity contribution in [1.82, 2.24) is 10.2 Å².